The van der Waals surface area contributed by atoms with Gasteiger partial charge in [0.15, 0.2) is 7.28 Å². The summed E-state index contributed by atoms with van der Waals surface area (Å²) in [6.07, 6.45) is 1.17. The summed E-state index contributed by atoms with van der Waals surface area (Å²) in [5.41, 5.74) is 1.98. The Balaban J connectivity index is 2.32. The maximum absolute atomic E-state index is 6.40. The first-order valence-electron chi connectivity index (χ1n) is 7.38. The third kappa shape index (κ3) is 3.04. The van der Waals surface area contributed by atoms with Crippen molar-refractivity contribution in [3.63, 3.8) is 0 Å². The molecule has 0 spiro atoms. The van der Waals surface area contributed by atoms with Crippen LogP contribution in [0, 0.1) is 10.8 Å². The normalized spacial score (nSPS) is 12.7. The van der Waals surface area contributed by atoms with E-state index in [-0.39, 0.29) is 0 Å². The second-order valence-electron chi connectivity index (χ2n) is 7.39. The first-order valence-corrected chi connectivity index (χ1v) is 7.76. The first kappa shape index (κ1) is 15.4. The monoisotopic (exact) mass is 286 g/mol. The Kier molecular flexibility index (Phi) is 4.20. The Bertz CT molecular complexity index is 603. The lowest BCUT2D eigenvalue weighted by molar-refractivity contribution is 0.157. The van der Waals surface area contributed by atoms with E-state index < -0.39 is 0 Å². The Morgan fingerprint density at radius 2 is 1.55 bits per heavy atom. The quantitative estimate of drug-likeness (QED) is 0.693. The van der Waals surface area contributed by atoms with E-state index >= 15 is 0 Å². The van der Waals surface area contributed by atoms with Crippen LogP contribution in [0.15, 0.2) is 36.4 Å². The van der Waals surface area contributed by atoms with Gasteiger partial charge in [-0.1, -0.05) is 88.3 Å². The van der Waals surface area contributed by atoms with E-state index in [9.17, 15) is 0 Å². The summed E-state index contributed by atoms with van der Waals surface area (Å²) in [4.78, 5) is 0. The molecule has 20 heavy (non-hydrogen) atoms. The summed E-state index contributed by atoms with van der Waals surface area (Å²) in [6, 6.07) is 12.6. The molecule has 0 amide bonds. The zero-order valence-corrected chi connectivity index (χ0v) is 14.0. The van der Waals surface area contributed by atoms with Crippen molar-refractivity contribution in [1.29, 1.82) is 0 Å². The van der Waals surface area contributed by atoms with Gasteiger partial charge in [-0.05, 0) is 27.7 Å². The molecule has 0 saturated carbocycles. The maximum Gasteiger partial charge on any atom is 0.159 e. The van der Waals surface area contributed by atoms with E-state index in [1.54, 1.807) is 0 Å². The minimum atomic E-state index is 0.302. The molecule has 0 aliphatic carbocycles. The van der Waals surface area contributed by atoms with Crippen molar-refractivity contribution in [3.8, 4) is 0 Å². The van der Waals surface area contributed by atoms with Crippen LogP contribution in [0.4, 0.5) is 0 Å². The SMILES string of the molecule is CC(C)(C)C(C)(C)CBc1cccc2cccc(Cl)c12. The van der Waals surface area contributed by atoms with E-state index in [1.165, 1.54) is 22.6 Å². The van der Waals surface area contributed by atoms with Crippen molar-refractivity contribution >= 4 is 35.1 Å². The van der Waals surface area contributed by atoms with Gasteiger partial charge in [0.2, 0.25) is 0 Å². The maximum atomic E-state index is 6.40. The summed E-state index contributed by atoms with van der Waals surface area (Å²) < 4.78 is 0. The fourth-order valence-electron chi connectivity index (χ4n) is 2.40. The van der Waals surface area contributed by atoms with Gasteiger partial charge < -0.3 is 0 Å². The number of halogens is 1. The van der Waals surface area contributed by atoms with Crippen molar-refractivity contribution in [2.75, 3.05) is 0 Å². The van der Waals surface area contributed by atoms with Gasteiger partial charge in [-0.2, -0.15) is 0 Å². The summed E-state index contributed by atoms with van der Waals surface area (Å²) in [6.45, 7) is 11.7. The highest BCUT2D eigenvalue weighted by molar-refractivity contribution is 6.58. The Morgan fingerprint density at radius 3 is 2.15 bits per heavy atom. The molecular formula is C18H24BCl. The topological polar surface area (TPSA) is 0 Å². The van der Waals surface area contributed by atoms with E-state index in [0.29, 0.717) is 10.8 Å². The van der Waals surface area contributed by atoms with Crippen LogP contribution in [0.25, 0.3) is 10.8 Å². The molecule has 0 saturated heterocycles. The van der Waals surface area contributed by atoms with E-state index in [0.717, 1.165) is 12.3 Å². The zero-order valence-electron chi connectivity index (χ0n) is 13.3. The Labute approximate surface area is 128 Å². The van der Waals surface area contributed by atoms with Crippen LogP contribution in [0.3, 0.4) is 0 Å². The van der Waals surface area contributed by atoms with Gasteiger partial charge >= 0.3 is 0 Å². The number of hydrogen-bond acceptors (Lipinski definition) is 0. The van der Waals surface area contributed by atoms with Gasteiger partial charge in [-0.15, -0.1) is 0 Å². The van der Waals surface area contributed by atoms with Gasteiger partial charge in [-0.25, -0.2) is 0 Å². The van der Waals surface area contributed by atoms with Gasteiger partial charge in [0, 0.05) is 5.02 Å². The fourth-order valence-corrected chi connectivity index (χ4v) is 2.70. The smallest absolute Gasteiger partial charge is 0.0837 e. The van der Waals surface area contributed by atoms with Crippen LogP contribution < -0.4 is 5.46 Å². The molecule has 0 heterocycles. The average molecular weight is 287 g/mol. The van der Waals surface area contributed by atoms with Crippen LogP contribution >= 0.6 is 11.6 Å². The molecule has 2 aromatic rings. The minimum absolute atomic E-state index is 0.302. The molecule has 0 nitrogen and oxygen atoms in total. The van der Waals surface area contributed by atoms with Gasteiger partial charge in [0.25, 0.3) is 0 Å². The molecule has 2 aromatic carbocycles. The van der Waals surface area contributed by atoms with Crippen LogP contribution in [0.2, 0.25) is 11.3 Å². The largest absolute Gasteiger partial charge is 0.159 e. The average Bonchev–Trinajstić information content (AvgIpc) is 2.35. The van der Waals surface area contributed by atoms with Crippen molar-refractivity contribution in [2.45, 2.75) is 40.9 Å². The van der Waals surface area contributed by atoms with Crippen LogP contribution in [0.1, 0.15) is 34.6 Å². The highest BCUT2D eigenvalue weighted by Crippen LogP contribution is 2.41. The molecule has 2 heteroatoms. The third-order valence-electron chi connectivity index (χ3n) is 4.99. The predicted molar refractivity (Wildman–Crippen MR) is 93.8 cm³/mol. The lowest BCUT2D eigenvalue weighted by Gasteiger charge is -2.39. The molecule has 0 unspecified atom stereocenters. The van der Waals surface area contributed by atoms with Crippen molar-refractivity contribution in [1.82, 2.24) is 0 Å². The van der Waals surface area contributed by atoms with Crippen LogP contribution in [0.5, 0.6) is 0 Å². The lowest BCUT2D eigenvalue weighted by Crippen LogP contribution is -2.33. The molecule has 0 fully saturated rings. The summed E-state index contributed by atoms with van der Waals surface area (Å²) >= 11 is 6.40. The van der Waals surface area contributed by atoms with E-state index in [1.807, 2.05) is 12.1 Å². The fraction of sp³-hybridized carbons (Fsp3) is 0.444. The molecular weight excluding hydrogens is 262 g/mol. The molecule has 0 aromatic heterocycles. The van der Waals surface area contributed by atoms with Crippen molar-refractivity contribution < 1.29 is 0 Å². The summed E-state index contributed by atoms with van der Waals surface area (Å²) in [7, 11) is 1.07. The molecule has 0 atom stereocenters. The molecule has 0 radical (unpaired) electrons. The first-order chi connectivity index (χ1) is 9.22. The minimum Gasteiger partial charge on any atom is -0.0837 e. The molecule has 0 aliphatic rings. The summed E-state index contributed by atoms with van der Waals surface area (Å²) in [5, 5.41) is 3.33. The van der Waals surface area contributed by atoms with Crippen LogP contribution in [-0.4, -0.2) is 7.28 Å². The Hall–Kier alpha value is -0.945. The highest BCUT2D eigenvalue weighted by Gasteiger charge is 2.32. The van der Waals surface area contributed by atoms with E-state index in [2.05, 4.69) is 58.9 Å². The highest BCUT2D eigenvalue weighted by atomic mass is 35.5. The molecule has 0 N–H and O–H groups in total. The van der Waals surface area contributed by atoms with Gasteiger partial charge in [0.05, 0.1) is 0 Å². The standard InChI is InChI=1S/C18H24BCl/c1-17(2,3)18(4,5)12-19-14-10-6-8-13-9-7-11-15(20)16(13)14/h6-11,19H,12H2,1-5H3. The number of fused-ring (bicyclic) bond motifs is 1. The van der Waals surface area contributed by atoms with Crippen molar-refractivity contribution in [2.24, 2.45) is 10.8 Å². The number of hydrogen-bond donors (Lipinski definition) is 0. The third-order valence-corrected chi connectivity index (χ3v) is 5.30. The molecule has 0 aliphatic heterocycles. The van der Waals surface area contributed by atoms with Crippen molar-refractivity contribution in [3.05, 3.63) is 41.4 Å². The van der Waals surface area contributed by atoms with Crippen LogP contribution in [-0.2, 0) is 0 Å². The summed E-state index contributed by atoms with van der Waals surface area (Å²) in [5.74, 6) is 0. The molecule has 2 rings (SSSR count). The van der Waals surface area contributed by atoms with E-state index in [4.69, 9.17) is 11.6 Å². The van der Waals surface area contributed by atoms with Gasteiger partial charge in [-0.3, -0.25) is 0 Å². The molecule has 0 bridgehead atoms. The Morgan fingerprint density at radius 1 is 0.950 bits per heavy atom. The zero-order chi connectivity index (χ0) is 15.0. The predicted octanol–water partition coefficient (Wildman–Crippen LogP) is 5.05. The number of rotatable bonds is 3. The second-order valence-corrected chi connectivity index (χ2v) is 7.80. The second kappa shape index (κ2) is 5.45. The number of benzene rings is 2. The lowest BCUT2D eigenvalue weighted by atomic mass is 9.53. The molecule has 106 valence electrons. The van der Waals surface area contributed by atoms with Gasteiger partial charge in [0.1, 0.15) is 0 Å².